The molecule has 0 radical (unpaired) electrons. The van der Waals surface area contributed by atoms with Crippen LogP contribution in [0, 0.1) is 6.92 Å². The Labute approximate surface area is 215 Å². The molecule has 5 nitrogen and oxygen atoms in total. The lowest BCUT2D eigenvalue weighted by Gasteiger charge is -2.23. The first-order valence-electron chi connectivity index (χ1n) is 10.9. The average Bonchev–Trinajstić information content (AvgIpc) is 3.27. The van der Waals surface area contributed by atoms with E-state index in [9.17, 15) is 18.0 Å². The summed E-state index contributed by atoms with van der Waals surface area (Å²) in [5.41, 5.74) is 2.14. The molecule has 0 amide bonds. The van der Waals surface area contributed by atoms with E-state index in [1.165, 1.54) is 17.1 Å². The maximum absolute atomic E-state index is 13.1. The minimum atomic E-state index is -4.45. The van der Waals surface area contributed by atoms with Gasteiger partial charge in [0.25, 0.3) is 0 Å². The van der Waals surface area contributed by atoms with Crippen LogP contribution in [0.15, 0.2) is 77.0 Å². The number of benzene rings is 3. The Balaban J connectivity index is 1.66. The van der Waals surface area contributed by atoms with E-state index in [1.54, 1.807) is 56.3 Å². The molecule has 3 aromatic rings. The molecule has 36 heavy (non-hydrogen) atoms. The fourth-order valence-corrected chi connectivity index (χ4v) is 4.37. The zero-order chi connectivity index (χ0) is 26.0. The molecule has 1 aliphatic heterocycles. The number of hydrogen-bond acceptors (Lipinski definition) is 4. The zero-order valence-electron chi connectivity index (χ0n) is 19.2. The monoisotopic (exact) mass is 533 g/mol. The van der Waals surface area contributed by atoms with Crippen molar-refractivity contribution in [2.24, 2.45) is 10.3 Å². The lowest BCUT2D eigenvalue weighted by Crippen LogP contribution is -2.25. The van der Waals surface area contributed by atoms with Crippen LogP contribution < -0.4 is 0 Å². The van der Waals surface area contributed by atoms with E-state index in [4.69, 9.17) is 28.0 Å². The summed E-state index contributed by atoms with van der Waals surface area (Å²) in [7, 11) is 0. The average molecular weight is 534 g/mol. The topological polar surface area (TPSA) is 54.3 Å². The van der Waals surface area contributed by atoms with E-state index in [0.29, 0.717) is 38.9 Å². The second-order valence-corrected chi connectivity index (χ2v) is 9.03. The molecule has 0 saturated carbocycles. The van der Waals surface area contributed by atoms with E-state index in [1.807, 2.05) is 0 Å². The zero-order valence-corrected chi connectivity index (χ0v) is 20.7. The predicted octanol–water partition coefficient (Wildman–Crippen LogP) is 7.66. The Morgan fingerprint density at radius 2 is 1.78 bits per heavy atom. The Hall–Kier alpha value is -3.36. The van der Waals surface area contributed by atoms with Gasteiger partial charge in [-0.25, -0.2) is 9.80 Å². The molecule has 0 saturated heterocycles. The number of oxime groups is 1. The van der Waals surface area contributed by atoms with Gasteiger partial charge in [0.15, 0.2) is 5.84 Å². The maximum atomic E-state index is 13.1. The number of nitrogens with zero attached hydrogens (tertiary/aromatic N) is 3. The molecule has 0 N–H and O–H groups in total. The van der Waals surface area contributed by atoms with Gasteiger partial charge in [-0.05, 0) is 55.3 Å². The number of hydrogen-bond donors (Lipinski definition) is 0. The number of halogens is 5. The molecule has 4 rings (SSSR count). The highest BCUT2D eigenvalue weighted by molar-refractivity contribution is 6.37. The minimum absolute atomic E-state index is 0.238. The summed E-state index contributed by atoms with van der Waals surface area (Å²) < 4.78 is 39.2. The molecule has 0 spiro atoms. The van der Waals surface area contributed by atoms with E-state index in [2.05, 4.69) is 10.3 Å². The third kappa shape index (κ3) is 5.55. The maximum Gasteiger partial charge on any atom is 0.416 e. The molecule has 0 fully saturated rings. The number of aryl methyl sites for hydroxylation is 1. The smallest absolute Gasteiger partial charge is 0.311 e. The van der Waals surface area contributed by atoms with Gasteiger partial charge in [-0.15, -0.1) is 0 Å². The first-order valence-corrected chi connectivity index (χ1v) is 11.6. The fraction of sp³-hybridized carbons (Fsp3) is 0.192. The summed E-state index contributed by atoms with van der Waals surface area (Å²) in [6.07, 6.45) is -4.13. The number of alkyl halides is 3. The van der Waals surface area contributed by atoms with Gasteiger partial charge in [0.2, 0.25) is 0 Å². The van der Waals surface area contributed by atoms with Gasteiger partial charge in [-0.1, -0.05) is 64.8 Å². The van der Waals surface area contributed by atoms with Crippen LogP contribution in [-0.2, 0) is 11.0 Å². The summed E-state index contributed by atoms with van der Waals surface area (Å²) in [5.74, 6) is -0.399. The van der Waals surface area contributed by atoms with Gasteiger partial charge in [-0.2, -0.15) is 18.3 Å². The number of hydrazone groups is 1. The molecular weight excluding hydrogens is 514 g/mol. The first-order chi connectivity index (χ1) is 17.0. The van der Waals surface area contributed by atoms with Crippen molar-refractivity contribution in [3.8, 4) is 0 Å². The van der Waals surface area contributed by atoms with Crippen LogP contribution >= 0.6 is 23.2 Å². The lowest BCUT2D eigenvalue weighted by molar-refractivity contribution is -0.137. The van der Waals surface area contributed by atoms with Crippen molar-refractivity contribution in [3.63, 3.8) is 0 Å². The highest BCUT2D eigenvalue weighted by Crippen LogP contribution is 2.37. The normalized spacial score (nSPS) is 16.2. The molecular formula is C26H20Cl2F3N3O2. The van der Waals surface area contributed by atoms with E-state index in [-0.39, 0.29) is 5.84 Å². The van der Waals surface area contributed by atoms with Crippen LogP contribution in [0.4, 0.5) is 13.2 Å². The van der Waals surface area contributed by atoms with E-state index in [0.717, 1.165) is 17.7 Å². The van der Waals surface area contributed by atoms with Crippen LogP contribution in [0.3, 0.4) is 0 Å². The Bertz CT molecular complexity index is 1360. The highest BCUT2D eigenvalue weighted by atomic mass is 35.5. The quantitative estimate of drug-likeness (QED) is 0.150. The third-order valence-corrected chi connectivity index (χ3v) is 6.28. The van der Waals surface area contributed by atoms with Crippen LogP contribution in [0.25, 0.3) is 0 Å². The third-order valence-electron chi connectivity index (χ3n) is 5.73. The Morgan fingerprint density at radius 1 is 1.08 bits per heavy atom. The Kier molecular flexibility index (Phi) is 7.38. The van der Waals surface area contributed by atoms with Crippen molar-refractivity contribution in [1.82, 2.24) is 5.01 Å². The largest absolute Gasteiger partial charge is 0.416 e. The van der Waals surface area contributed by atoms with Crippen molar-refractivity contribution in [1.29, 1.82) is 0 Å². The molecule has 10 heteroatoms. The number of amidine groups is 1. The van der Waals surface area contributed by atoms with Gasteiger partial charge >= 0.3 is 12.1 Å². The standard InChI is InChI=1S/C26H20Cl2F3N3O2/c1-15-5-3-4-6-20(15)25(35)36-33-16(2)34-24(17-7-9-18(10-8-17)26(29,30)31)14-23(32-34)21-12-11-19(27)13-22(21)28/h3-13,24H,14H2,1-2H3/b33-16-. The molecule has 0 bridgehead atoms. The first kappa shape index (κ1) is 25.7. The Morgan fingerprint density at radius 3 is 2.42 bits per heavy atom. The summed E-state index contributed by atoms with van der Waals surface area (Å²) in [4.78, 5) is 17.7. The van der Waals surface area contributed by atoms with Gasteiger partial charge in [0, 0.05) is 17.0 Å². The van der Waals surface area contributed by atoms with Crippen LogP contribution in [0.1, 0.15) is 52.0 Å². The molecule has 3 aromatic carbocycles. The minimum Gasteiger partial charge on any atom is -0.311 e. The molecule has 1 heterocycles. The van der Waals surface area contributed by atoms with Crippen LogP contribution in [-0.4, -0.2) is 22.5 Å². The lowest BCUT2D eigenvalue weighted by atomic mass is 9.97. The van der Waals surface area contributed by atoms with Crippen molar-refractivity contribution in [3.05, 3.63) is 105 Å². The summed E-state index contributed by atoms with van der Waals surface area (Å²) in [6, 6.07) is 16.2. The molecule has 1 unspecified atom stereocenters. The van der Waals surface area contributed by atoms with E-state index < -0.39 is 23.8 Å². The predicted molar refractivity (Wildman–Crippen MR) is 133 cm³/mol. The molecule has 1 atom stereocenters. The second kappa shape index (κ2) is 10.3. The van der Waals surface area contributed by atoms with Gasteiger partial charge in [-0.3, -0.25) is 0 Å². The van der Waals surface area contributed by atoms with Crippen LogP contribution in [0.5, 0.6) is 0 Å². The highest BCUT2D eigenvalue weighted by Gasteiger charge is 2.34. The second-order valence-electron chi connectivity index (χ2n) is 8.19. The van der Waals surface area contributed by atoms with Gasteiger partial charge in [0.05, 0.1) is 27.9 Å². The molecule has 186 valence electrons. The summed E-state index contributed by atoms with van der Waals surface area (Å²) in [6.45, 7) is 3.37. The fourth-order valence-electron chi connectivity index (χ4n) is 3.85. The number of rotatable bonds is 4. The SMILES string of the molecule is C/C(=N/OC(=O)c1ccccc1C)N1N=C(c2ccc(Cl)cc2Cl)CC1c1ccc(C(F)(F)F)cc1. The van der Waals surface area contributed by atoms with Crippen molar-refractivity contribution >= 4 is 40.7 Å². The number of carbonyl (C=O) groups excluding carboxylic acids is 1. The summed E-state index contributed by atoms with van der Waals surface area (Å²) >= 11 is 12.4. The molecule has 0 aliphatic carbocycles. The van der Waals surface area contributed by atoms with Crippen molar-refractivity contribution < 1.29 is 22.8 Å². The van der Waals surface area contributed by atoms with E-state index >= 15 is 0 Å². The number of carbonyl (C=O) groups is 1. The van der Waals surface area contributed by atoms with Crippen molar-refractivity contribution in [2.45, 2.75) is 32.5 Å². The molecule has 0 aromatic heterocycles. The van der Waals surface area contributed by atoms with Crippen LogP contribution in [0.2, 0.25) is 10.0 Å². The molecule has 1 aliphatic rings. The van der Waals surface area contributed by atoms with Crippen molar-refractivity contribution in [2.75, 3.05) is 0 Å². The van der Waals surface area contributed by atoms with Gasteiger partial charge < -0.3 is 4.84 Å². The summed E-state index contributed by atoms with van der Waals surface area (Å²) in [5, 5.41) is 10.9. The van der Waals surface area contributed by atoms with Gasteiger partial charge in [0.1, 0.15) is 0 Å².